The van der Waals surface area contributed by atoms with Gasteiger partial charge in [0.1, 0.15) is 5.76 Å². The molecule has 4 heteroatoms. The number of nitrogens with zero attached hydrogens (tertiary/aromatic N) is 2. The van der Waals surface area contributed by atoms with Gasteiger partial charge in [0.05, 0.1) is 12.8 Å². The molecule has 1 aromatic heterocycles. The van der Waals surface area contributed by atoms with Crippen LogP contribution in [-0.2, 0) is 13.1 Å². The fourth-order valence-corrected chi connectivity index (χ4v) is 3.10. The van der Waals surface area contributed by atoms with Crippen molar-refractivity contribution in [3.8, 4) is 0 Å². The molecule has 1 saturated heterocycles. The highest BCUT2D eigenvalue weighted by atomic mass is 16.3. The van der Waals surface area contributed by atoms with Crippen LogP contribution in [0, 0.1) is 5.92 Å². The van der Waals surface area contributed by atoms with E-state index in [2.05, 4.69) is 35.3 Å². The first kappa shape index (κ1) is 14.1. The number of nitrogens with one attached hydrogen (secondary N) is 1. The highest BCUT2D eigenvalue weighted by molar-refractivity contribution is 5.13. The summed E-state index contributed by atoms with van der Waals surface area (Å²) in [6, 6.07) is 2.96. The van der Waals surface area contributed by atoms with Gasteiger partial charge in [-0.05, 0) is 51.9 Å². The standard InChI is InChI=1S/C16H27N3O/c1-18-6-5-13(9-18)10-19(2)11-16-7-14(12-20-16)8-17-15-3-4-15/h7,12-13,15,17H,3-6,8-11H2,1-2H3. The van der Waals surface area contributed by atoms with Crippen LogP contribution in [0.25, 0.3) is 0 Å². The third-order valence-corrected chi connectivity index (χ3v) is 4.36. The van der Waals surface area contributed by atoms with Crippen molar-refractivity contribution in [1.82, 2.24) is 15.1 Å². The van der Waals surface area contributed by atoms with E-state index in [4.69, 9.17) is 4.42 Å². The van der Waals surface area contributed by atoms with Crippen LogP contribution in [0.1, 0.15) is 30.6 Å². The fraction of sp³-hybridized carbons (Fsp3) is 0.750. The quantitative estimate of drug-likeness (QED) is 0.825. The van der Waals surface area contributed by atoms with E-state index in [0.717, 1.165) is 30.8 Å². The Morgan fingerprint density at radius 2 is 2.25 bits per heavy atom. The summed E-state index contributed by atoms with van der Waals surface area (Å²) in [5.41, 5.74) is 1.28. The third-order valence-electron chi connectivity index (χ3n) is 4.36. The maximum atomic E-state index is 5.68. The van der Waals surface area contributed by atoms with E-state index in [-0.39, 0.29) is 0 Å². The summed E-state index contributed by atoms with van der Waals surface area (Å²) < 4.78 is 5.68. The van der Waals surface area contributed by atoms with Crippen molar-refractivity contribution in [3.05, 3.63) is 23.7 Å². The predicted molar refractivity (Wildman–Crippen MR) is 80.5 cm³/mol. The molecule has 0 radical (unpaired) electrons. The van der Waals surface area contributed by atoms with Gasteiger partial charge in [0.2, 0.25) is 0 Å². The Labute approximate surface area is 122 Å². The molecular formula is C16H27N3O. The topological polar surface area (TPSA) is 31.6 Å². The van der Waals surface area contributed by atoms with Gasteiger partial charge in [-0.1, -0.05) is 0 Å². The molecule has 1 aliphatic heterocycles. The van der Waals surface area contributed by atoms with Gasteiger partial charge in [0.15, 0.2) is 0 Å². The summed E-state index contributed by atoms with van der Waals surface area (Å²) in [4.78, 5) is 4.81. The second-order valence-corrected chi connectivity index (χ2v) is 6.69. The minimum absolute atomic E-state index is 0.760. The van der Waals surface area contributed by atoms with Crippen molar-refractivity contribution in [1.29, 1.82) is 0 Å². The van der Waals surface area contributed by atoms with Crippen molar-refractivity contribution in [2.45, 2.75) is 38.4 Å². The first-order chi connectivity index (χ1) is 9.69. The maximum Gasteiger partial charge on any atom is 0.118 e. The Morgan fingerprint density at radius 3 is 2.95 bits per heavy atom. The first-order valence-corrected chi connectivity index (χ1v) is 7.86. The molecule has 2 fully saturated rings. The molecule has 0 amide bonds. The molecule has 2 aliphatic rings. The van der Waals surface area contributed by atoms with Crippen LogP contribution >= 0.6 is 0 Å². The monoisotopic (exact) mass is 277 g/mol. The Hall–Kier alpha value is -0.840. The van der Waals surface area contributed by atoms with Crippen molar-refractivity contribution in [2.75, 3.05) is 33.7 Å². The second kappa shape index (κ2) is 6.29. The Morgan fingerprint density at radius 1 is 1.40 bits per heavy atom. The van der Waals surface area contributed by atoms with Crippen LogP contribution in [0.15, 0.2) is 16.7 Å². The Kier molecular flexibility index (Phi) is 4.44. The van der Waals surface area contributed by atoms with Crippen LogP contribution in [0.2, 0.25) is 0 Å². The van der Waals surface area contributed by atoms with Gasteiger partial charge in [0.25, 0.3) is 0 Å². The van der Waals surface area contributed by atoms with E-state index in [1.807, 2.05) is 6.26 Å². The van der Waals surface area contributed by atoms with Crippen molar-refractivity contribution < 1.29 is 4.42 Å². The van der Waals surface area contributed by atoms with E-state index in [1.54, 1.807) is 0 Å². The van der Waals surface area contributed by atoms with E-state index >= 15 is 0 Å². The zero-order chi connectivity index (χ0) is 13.9. The predicted octanol–water partition coefficient (Wildman–Crippen LogP) is 1.92. The number of likely N-dealkylation sites (tertiary alicyclic amines) is 1. The molecule has 2 heterocycles. The summed E-state index contributed by atoms with van der Waals surface area (Å²) in [5.74, 6) is 1.91. The number of hydrogen-bond donors (Lipinski definition) is 1. The van der Waals surface area contributed by atoms with E-state index in [0.29, 0.717) is 0 Å². The summed E-state index contributed by atoms with van der Waals surface area (Å²) in [7, 11) is 4.41. The molecule has 1 aromatic rings. The molecule has 0 aromatic carbocycles. The van der Waals surface area contributed by atoms with Crippen LogP contribution in [0.3, 0.4) is 0 Å². The smallest absolute Gasteiger partial charge is 0.118 e. The van der Waals surface area contributed by atoms with Crippen LogP contribution in [0.5, 0.6) is 0 Å². The van der Waals surface area contributed by atoms with Crippen LogP contribution < -0.4 is 5.32 Å². The third kappa shape index (κ3) is 4.08. The minimum atomic E-state index is 0.760. The Bertz CT molecular complexity index is 427. The van der Waals surface area contributed by atoms with Crippen molar-refractivity contribution >= 4 is 0 Å². The largest absolute Gasteiger partial charge is 0.468 e. The lowest BCUT2D eigenvalue weighted by atomic mass is 10.1. The van der Waals surface area contributed by atoms with Crippen molar-refractivity contribution in [3.63, 3.8) is 0 Å². The number of rotatable bonds is 7. The lowest BCUT2D eigenvalue weighted by molar-refractivity contribution is 0.249. The molecule has 3 rings (SSSR count). The van der Waals surface area contributed by atoms with Gasteiger partial charge in [-0.25, -0.2) is 0 Å². The fourth-order valence-electron chi connectivity index (χ4n) is 3.10. The van der Waals surface area contributed by atoms with Gasteiger partial charge in [-0.2, -0.15) is 0 Å². The second-order valence-electron chi connectivity index (χ2n) is 6.69. The molecule has 1 aliphatic carbocycles. The van der Waals surface area contributed by atoms with Gasteiger partial charge in [-0.15, -0.1) is 0 Å². The van der Waals surface area contributed by atoms with Crippen LogP contribution in [-0.4, -0.2) is 49.6 Å². The molecule has 0 bridgehead atoms. The average molecular weight is 277 g/mol. The van der Waals surface area contributed by atoms with Gasteiger partial charge >= 0.3 is 0 Å². The summed E-state index contributed by atoms with van der Waals surface area (Å²) in [6.07, 6.45) is 5.91. The van der Waals surface area contributed by atoms with Gasteiger partial charge < -0.3 is 14.6 Å². The molecule has 1 atom stereocenters. The SMILES string of the molecule is CN1CCC(CN(C)Cc2cc(CNC3CC3)co2)C1. The molecule has 1 unspecified atom stereocenters. The summed E-state index contributed by atoms with van der Waals surface area (Å²) in [6.45, 7) is 5.52. The summed E-state index contributed by atoms with van der Waals surface area (Å²) in [5, 5.41) is 3.52. The first-order valence-electron chi connectivity index (χ1n) is 7.86. The summed E-state index contributed by atoms with van der Waals surface area (Å²) >= 11 is 0. The highest BCUT2D eigenvalue weighted by Crippen LogP contribution is 2.20. The van der Waals surface area contributed by atoms with Crippen molar-refractivity contribution in [2.24, 2.45) is 5.92 Å². The molecular weight excluding hydrogens is 250 g/mol. The lowest BCUT2D eigenvalue weighted by Crippen LogP contribution is -2.26. The highest BCUT2D eigenvalue weighted by Gasteiger charge is 2.22. The zero-order valence-electron chi connectivity index (χ0n) is 12.8. The molecule has 112 valence electrons. The number of furan rings is 1. The van der Waals surface area contributed by atoms with E-state index in [1.165, 1.54) is 44.5 Å². The molecule has 20 heavy (non-hydrogen) atoms. The number of hydrogen-bond acceptors (Lipinski definition) is 4. The molecule has 0 spiro atoms. The molecule has 4 nitrogen and oxygen atoms in total. The zero-order valence-corrected chi connectivity index (χ0v) is 12.8. The maximum absolute atomic E-state index is 5.68. The normalized spacial score (nSPS) is 23.9. The molecule has 1 saturated carbocycles. The van der Waals surface area contributed by atoms with Crippen LogP contribution in [0.4, 0.5) is 0 Å². The molecule has 1 N–H and O–H groups in total. The van der Waals surface area contributed by atoms with E-state index < -0.39 is 0 Å². The van der Waals surface area contributed by atoms with Gasteiger partial charge in [-0.3, -0.25) is 4.90 Å². The Balaban J connectivity index is 1.42. The van der Waals surface area contributed by atoms with E-state index in [9.17, 15) is 0 Å². The lowest BCUT2D eigenvalue weighted by Gasteiger charge is -2.19. The average Bonchev–Trinajstić information content (AvgIpc) is 3.00. The van der Waals surface area contributed by atoms with Gasteiger partial charge in [0, 0.05) is 31.2 Å². The minimum Gasteiger partial charge on any atom is -0.468 e.